The lowest BCUT2D eigenvalue weighted by atomic mass is 9.84. The number of hydrogen-bond donors (Lipinski definition) is 2. The number of hydrogen-bond acceptors (Lipinski definition) is 4. The Balaban J connectivity index is 2.27. The molecule has 2 rings (SSSR count). The molecule has 0 aliphatic carbocycles. The van der Waals surface area contributed by atoms with E-state index in [4.69, 9.17) is 5.84 Å². The molecule has 0 saturated carbocycles. The van der Waals surface area contributed by atoms with Gasteiger partial charge in [-0.3, -0.25) is 20.9 Å². The van der Waals surface area contributed by atoms with Crippen LogP contribution in [0.15, 0.2) is 12.4 Å². The molecule has 2 heterocycles. The maximum absolute atomic E-state index is 5.83. The fraction of sp³-hybridized carbons (Fsp3) is 0.769. The van der Waals surface area contributed by atoms with Gasteiger partial charge in [-0.1, -0.05) is 6.92 Å². The number of nitrogens with zero attached hydrogens (tertiary/aromatic N) is 3. The third kappa shape index (κ3) is 2.30. The number of nitrogens with two attached hydrogens (primary N) is 1. The highest BCUT2D eigenvalue weighted by molar-refractivity contribution is 5.17. The second-order valence-corrected chi connectivity index (χ2v) is 5.45. The Labute approximate surface area is 109 Å². The molecule has 1 aliphatic heterocycles. The van der Waals surface area contributed by atoms with Crippen LogP contribution in [0, 0.1) is 0 Å². The minimum absolute atomic E-state index is 0.0499. The summed E-state index contributed by atoms with van der Waals surface area (Å²) in [6.45, 7) is 6.88. The summed E-state index contributed by atoms with van der Waals surface area (Å²) in [7, 11) is 1.94. The molecule has 102 valence electrons. The lowest BCUT2D eigenvalue weighted by Gasteiger charge is -2.44. The average molecular weight is 251 g/mol. The Bertz CT molecular complexity index is 382. The Morgan fingerprint density at radius 2 is 2.17 bits per heavy atom. The van der Waals surface area contributed by atoms with Gasteiger partial charge in [0.15, 0.2) is 0 Å². The summed E-state index contributed by atoms with van der Waals surface area (Å²) in [5.41, 5.74) is 4.22. The molecule has 0 aromatic carbocycles. The second kappa shape index (κ2) is 5.38. The molecule has 1 aliphatic rings. The quantitative estimate of drug-likeness (QED) is 0.609. The Hall–Kier alpha value is -0.910. The van der Waals surface area contributed by atoms with Gasteiger partial charge in [-0.15, -0.1) is 0 Å². The number of nitrogens with one attached hydrogen (secondary N) is 1. The summed E-state index contributed by atoms with van der Waals surface area (Å²) in [4.78, 5) is 2.56. The number of likely N-dealkylation sites (tertiary alicyclic amines) is 1. The number of rotatable bonds is 5. The molecule has 0 radical (unpaired) electrons. The van der Waals surface area contributed by atoms with E-state index in [-0.39, 0.29) is 11.6 Å². The molecule has 18 heavy (non-hydrogen) atoms. The van der Waals surface area contributed by atoms with Crippen LogP contribution >= 0.6 is 0 Å². The van der Waals surface area contributed by atoms with Crippen LogP contribution in [0.25, 0.3) is 0 Å². The van der Waals surface area contributed by atoms with Gasteiger partial charge < -0.3 is 0 Å². The molecular formula is C13H25N5. The zero-order chi connectivity index (χ0) is 13.2. The van der Waals surface area contributed by atoms with E-state index in [9.17, 15) is 0 Å². The van der Waals surface area contributed by atoms with E-state index in [0.29, 0.717) is 0 Å². The third-order valence-electron chi connectivity index (χ3n) is 4.39. The van der Waals surface area contributed by atoms with Gasteiger partial charge in [-0.2, -0.15) is 5.10 Å². The van der Waals surface area contributed by atoms with Crippen molar-refractivity contribution in [3.05, 3.63) is 18.0 Å². The van der Waals surface area contributed by atoms with Crippen molar-refractivity contribution in [2.45, 2.75) is 44.7 Å². The van der Waals surface area contributed by atoms with Gasteiger partial charge in [0.1, 0.15) is 0 Å². The van der Waals surface area contributed by atoms with Crippen LogP contribution in [0.3, 0.4) is 0 Å². The molecule has 1 fully saturated rings. The van der Waals surface area contributed by atoms with Crippen molar-refractivity contribution >= 4 is 0 Å². The zero-order valence-corrected chi connectivity index (χ0v) is 11.7. The van der Waals surface area contributed by atoms with Crippen LogP contribution in [-0.4, -0.2) is 33.3 Å². The monoisotopic (exact) mass is 251 g/mol. The van der Waals surface area contributed by atoms with Crippen molar-refractivity contribution in [2.24, 2.45) is 12.9 Å². The number of hydrazine groups is 1. The summed E-state index contributed by atoms with van der Waals surface area (Å²) in [6, 6.07) is 0.120. The molecule has 1 aromatic rings. The van der Waals surface area contributed by atoms with Crippen LogP contribution in [0.4, 0.5) is 0 Å². The highest BCUT2D eigenvalue weighted by atomic mass is 15.3. The topological polar surface area (TPSA) is 59.1 Å². The normalized spacial score (nSPS) is 22.0. The molecule has 5 heteroatoms. The Morgan fingerprint density at radius 3 is 2.61 bits per heavy atom. The lowest BCUT2D eigenvalue weighted by Crippen LogP contribution is -2.54. The first-order valence-corrected chi connectivity index (χ1v) is 6.81. The van der Waals surface area contributed by atoms with Crippen molar-refractivity contribution in [3.8, 4) is 0 Å². The van der Waals surface area contributed by atoms with Gasteiger partial charge in [-0.05, 0) is 39.3 Å². The van der Waals surface area contributed by atoms with E-state index >= 15 is 0 Å². The summed E-state index contributed by atoms with van der Waals surface area (Å²) in [5, 5.41) is 4.26. The van der Waals surface area contributed by atoms with Crippen LogP contribution in [-0.2, 0) is 7.05 Å². The molecule has 2 unspecified atom stereocenters. The van der Waals surface area contributed by atoms with Gasteiger partial charge in [0, 0.05) is 24.3 Å². The van der Waals surface area contributed by atoms with E-state index in [1.165, 1.54) is 25.9 Å². The van der Waals surface area contributed by atoms with E-state index in [0.717, 1.165) is 12.0 Å². The molecule has 0 spiro atoms. The minimum Gasteiger partial charge on any atom is -0.296 e. The summed E-state index contributed by atoms with van der Waals surface area (Å²) < 4.78 is 1.83. The SMILES string of the molecule is CCC(C)(C(NN)c1cnn(C)c1)N1CCCC1. The number of aryl methyl sites for hydroxylation is 1. The largest absolute Gasteiger partial charge is 0.296 e. The van der Waals surface area contributed by atoms with Crippen LogP contribution in [0.2, 0.25) is 0 Å². The summed E-state index contributed by atoms with van der Waals surface area (Å²) in [5.74, 6) is 5.83. The summed E-state index contributed by atoms with van der Waals surface area (Å²) in [6.07, 6.45) is 7.61. The van der Waals surface area contributed by atoms with Gasteiger partial charge >= 0.3 is 0 Å². The first-order valence-electron chi connectivity index (χ1n) is 6.81. The highest BCUT2D eigenvalue weighted by Gasteiger charge is 2.40. The van der Waals surface area contributed by atoms with E-state index in [1.807, 2.05) is 17.9 Å². The van der Waals surface area contributed by atoms with Gasteiger partial charge in [0.2, 0.25) is 0 Å². The van der Waals surface area contributed by atoms with Gasteiger partial charge in [0.05, 0.1) is 12.2 Å². The molecule has 0 amide bonds. The fourth-order valence-electron chi connectivity index (χ4n) is 3.06. The summed E-state index contributed by atoms with van der Waals surface area (Å²) >= 11 is 0. The van der Waals surface area contributed by atoms with Crippen LogP contribution < -0.4 is 11.3 Å². The molecule has 0 bridgehead atoms. The van der Waals surface area contributed by atoms with Crippen molar-refractivity contribution < 1.29 is 0 Å². The maximum Gasteiger partial charge on any atom is 0.0671 e. The van der Waals surface area contributed by atoms with Gasteiger partial charge in [0.25, 0.3) is 0 Å². The predicted octanol–water partition coefficient (Wildman–Crippen LogP) is 1.19. The van der Waals surface area contributed by atoms with Crippen molar-refractivity contribution in [3.63, 3.8) is 0 Å². The van der Waals surface area contributed by atoms with Crippen molar-refractivity contribution in [1.29, 1.82) is 0 Å². The first-order chi connectivity index (χ1) is 8.61. The maximum atomic E-state index is 5.83. The van der Waals surface area contributed by atoms with Crippen LogP contribution in [0.5, 0.6) is 0 Å². The molecule has 1 aromatic heterocycles. The fourth-order valence-corrected chi connectivity index (χ4v) is 3.06. The molecule has 1 saturated heterocycles. The van der Waals surface area contributed by atoms with Crippen molar-refractivity contribution in [2.75, 3.05) is 13.1 Å². The minimum atomic E-state index is 0.0499. The smallest absolute Gasteiger partial charge is 0.0671 e. The standard InChI is InChI=1S/C13H25N5/c1-4-13(2,18-7-5-6-8-18)12(16-14)11-9-15-17(3)10-11/h9-10,12,16H,4-8,14H2,1-3H3. The van der Waals surface area contributed by atoms with Crippen LogP contribution in [0.1, 0.15) is 44.7 Å². The average Bonchev–Trinajstić information content (AvgIpc) is 3.01. The Kier molecular flexibility index (Phi) is 4.04. The van der Waals surface area contributed by atoms with Gasteiger partial charge in [-0.25, -0.2) is 0 Å². The highest BCUT2D eigenvalue weighted by Crippen LogP contribution is 2.35. The lowest BCUT2D eigenvalue weighted by molar-refractivity contribution is 0.0840. The molecule has 5 nitrogen and oxygen atoms in total. The second-order valence-electron chi connectivity index (χ2n) is 5.45. The molecule has 3 N–H and O–H groups in total. The van der Waals surface area contributed by atoms with Crippen molar-refractivity contribution in [1.82, 2.24) is 20.1 Å². The van der Waals surface area contributed by atoms with E-state index in [1.54, 1.807) is 0 Å². The first kappa shape index (κ1) is 13.5. The zero-order valence-electron chi connectivity index (χ0n) is 11.7. The number of aromatic nitrogens is 2. The Morgan fingerprint density at radius 1 is 1.50 bits per heavy atom. The molecular weight excluding hydrogens is 226 g/mol. The molecule has 2 atom stereocenters. The third-order valence-corrected chi connectivity index (χ3v) is 4.39. The van der Waals surface area contributed by atoms with E-state index in [2.05, 4.69) is 35.5 Å². The predicted molar refractivity (Wildman–Crippen MR) is 72.8 cm³/mol. The van der Waals surface area contributed by atoms with E-state index < -0.39 is 0 Å².